The summed E-state index contributed by atoms with van der Waals surface area (Å²) in [5, 5.41) is 12.0. The molecule has 0 radical (unpaired) electrons. The molecule has 1 saturated heterocycles. The van der Waals surface area contributed by atoms with Crippen LogP contribution in [0.15, 0.2) is 72.8 Å². The maximum Gasteiger partial charge on any atom is 0.251 e. The lowest BCUT2D eigenvalue weighted by atomic mass is 9.96. The SMILES string of the molecule is CCC(CC)C(=O)N(Cc1ccc(C(=O)NCc2ccc(OC)cc2)cc1)C1CCN(Cc2ccc(C#N)cc2)CC1. The van der Waals surface area contributed by atoms with E-state index in [0.717, 1.165) is 62.2 Å². The van der Waals surface area contributed by atoms with E-state index in [1.165, 1.54) is 5.56 Å². The normalized spacial score (nSPS) is 13.9. The fourth-order valence-corrected chi connectivity index (χ4v) is 5.58. The van der Waals surface area contributed by atoms with Crippen molar-refractivity contribution in [1.82, 2.24) is 15.1 Å². The molecule has 0 saturated carbocycles. The zero-order valence-corrected chi connectivity index (χ0v) is 25.0. The zero-order chi connectivity index (χ0) is 29.9. The Morgan fingerprint density at radius 2 is 1.52 bits per heavy atom. The number of piperidine rings is 1. The highest BCUT2D eigenvalue weighted by Crippen LogP contribution is 2.25. The number of amides is 2. The fourth-order valence-electron chi connectivity index (χ4n) is 5.58. The summed E-state index contributed by atoms with van der Waals surface area (Å²) in [6.45, 7) is 7.85. The summed E-state index contributed by atoms with van der Waals surface area (Å²) in [6.07, 6.45) is 3.51. The van der Waals surface area contributed by atoms with Gasteiger partial charge in [0.25, 0.3) is 5.91 Å². The van der Waals surface area contributed by atoms with Gasteiger partial charge in [-0.25, -0.2) is 0 Å². The molecule has 0 spiro atoms. The summed E-state index contributed by atoms with van der Waals surface area (Å²) >= 11 is 0. The van der Waals surface area contributed by atoms with Crippen LogP contribution < -0.4 is 10.1 Å². The Hall–Kier alpha value is -4.15. The summed E-state index contributed by atoms with van der Waals surface area (Å²) in [7, 11) is 1.63. The molecule has 220 valence electrons. The van der Waals surface area contributed by atoms with Crippen LogP contribution in [0.2, 0.25) is 0 Å². The second kappa shape index (κ2) is 15.2. The number of carbonyl (C=O) groups excluding carboxylic acids is 2. The highest BCUT2D eigenvalue weighted by molar-refractivity contribution is 5.94. The molecule has 1 fully saturated rings. The van der Waals surface area contributed by atoms with E-state index in [0.29, 0.717) is 24.2 Å². The molecule has 3 aromatic carbocycles. The summed E-state index contributed by atoms with van der Waals surface area (Å²) in [4.78, 5) is 31.0. The van der Waals surface area contributed by atoms with Gasteiger partial charge in [-0.05, 0) is 78.8 Å². The van der Waals surface area contributed by atoms with Gasteiger partial charge in [0, 0.05) is 50.2 Å². The summed E-state index contributed by atoms with van der Waals surface area (Å²) < 4.78 is 5.19. The van der Waals surface area contributed by atoms with Crippen LogP contribution in [0.1, 0.15) is 72.1 Å². The molecule has 7 heteroatoms. The number of ether oxygens (including phenoxy) is 1. The number of hydrogen-bond acceptors (Lipinski definition) is 5. The van der Waals surface area contributed by atoms with E-state index in [-0.39, 0.29) is 23.8 Å². The molecular weight excluding hydrogens is 524 g/mol. The van der Waals surface area contributed by atoms with Crippen molar-refractivity contribution in [2.24, 2.45) is 5.92 Å². The second-order valence-electron chi connectivity index (χ2n) is 11.0. The number of nitrogens with one attached hydrogen (secondary N) is 1. The third-order valence-electron chi connectivity index (χ3n) is 8.29. The van der Waals surface area contributed by atoms with E-state index in [2.05, 4.69) is 35.0 Å². The van der Waals surface area contributed by atoms with Gasteiger partial charge >= 0.3 is 0 Å². The predicted molar refractivity (Wildman–Crippen MR) is 165 cm³/mol. The van der Waals surface area contributed by atoms with Crippen LogP contribution >= 0.6 is 0 Å². The second-order valence-corrected chi connectivity index (χ2v) is 11.0. The van der Waals surface area contributed by atoms with E-state index < -0.39 is 0 Å². The molecule has 3 aromatic rings. The van der Waals surface area contributed by atoms with Gasteiger partial charge in [-0.1, -0.05) is 50.2 Å². The largest absolute Gasteiger partial charge is 0.497 e. The Morgan fingerprint density at radius 1 is 0.929 bits per heavy atom. The minimum atomic E-state index is -0.128. The van der Waals surface area contributed by atoms with Gasteiger partial charge in [-0.3, -0.25) is 14.5 Å². The van der Waals surface area contributed by atoms with Crippen molar-refractivity contribution in [2.75, 3.05) is 20.2 Å². The molecule has 2 amide bonds. The Morgan fingerprint density at radius 3 is 2.10 bits per heavy atom. The third kappa shape index (κ3) is 8.20. The van der Waals surface area contributed by atoms with Crippen molar-refractivity contribution in [1.29, 1.82) is 5.26 Å². The maximum atomic E-state index is 13.7. The van der Waals surface area contributed by atoms with Gasteiger partial charge in [0.2, 0.25) is 5.91 Å². The Kier molecular flexibility index (Phi) is 11.1. The van der Waals surface area contributed by atoms with Crippen LogP contribution in [0, 0.1) is 17.2 Å². The van der Waals surface area contributed by atoms with Gasteiger partial charge in [0.1, 0.15) is 5.75 Å². The van der Waals surface area contributed by atoms with Gasteiger partial charge in [-0.2, -0.15) is 5.26 Å². The Balaban J connectivity index is 1.37. The highest BCUT2D eigenvalue weighted by Gasteiger charge is 2.31. The number of carbonyl (C=O) groups is 2. The average Bonchev–Trinajstić information content (AvgIpc) is 3.04. The quantitative estimate of drug-likeness (QED) is 0.294. The number of methoxy groups -OCH3 is 1. The highest BCUT2D eigenvalue weighted by atomic mass is 16.5. The van der Waals surface area contributed by atoms with Crippen molar-refractivity contribution in [3.05, 3.63) is 101 Å². The van der Waals surface area contributed by atoms with E-state index >= 15 is 0 Å². The van der Waals surface area contributed by atoms with Crippen molar-refractivity contribution in [2.45, 2.75) is 65.2 Å². The topological polar surface area (TPSA) is 85.7 Å². The summed E-state index contributed by atoms with van der Waals surface area (Å²) in [5.74, 6) is 0.902. The fraction of sp³-hybridized carbons (Fsp3) is 0.400. The summed E-state index contributed by atoms with van der Waals surface area (Å²) in [6, 6.07) is 25.4. The zero-order valence-electron chi connectivity index (χ0n) is 25.0. The van der Waals surface area contributed by atoms with Gasteiger partial charge < -0.3 is 15.0 Å². The van der Waals surface area contributed by atoms with Crippen LogP contribution in [0.4, 0.5) is 0 Å². The lowest BCUT2D eigenvalue weighted by Gasteiger charge is -2.40. The number of nitrogens with zero attached hydrogens (tertiary/aromatic N) is 3. The van der Waals surface area contributed by atoms with Crippen LogP contribution in [0.5, 0.6) is 5.75 Å². The van der Waals surface area contributed by atoms with Crippen molar-refractivity contribution < 1.29 is 14.3 Å². The predicted octanol–water partition coefficient (Wildman–Crippen LogP) is 5.93. The molecule has 1 aliphatic rings. The monoisotopic (exact) mass is 566 g/mol. The number of benzene rings is 3. The molecular formula is C35H42N4O3. The van der Waals surface area contributed by atoms with E-state index in [1.807, 2.05) is 72.8 Å². The first-order valence-electron chi connectivity index (χ1n) is 15.0. The standard InChI is InChI=1S/C35H42N4O3/c1-4-30(5-2)35(41)39(32-18-20-38(21-19-32)24-28-8-6-26(22-36)7-9-28)25-29-10-14-31(15-11-29)34(40)37-23-27-12-16-33(42-3)17-13-27/h6-17,30,32H,4-5,18-21,23-25H2,1-3H3,(H,37,40). The Labute approximate surface area is 250 Å². The molecule has 0 aliphatic carbocycles. The lowest BCUT2D eigenvalue weighted by molar-refractivity contribution is -0.140. The molecule has 1 N–H and O–H groups in total. The first-order chi connectivity index (χ1) is 20.4. The number of hydrogen-bond donors (Lipinski definition) is 1. The molecule has 7 nitrogen and oxygen atoms in total. The third-order valence-corrected chi connectivity index (χ3v) is 8.29. The van der Waals surface area contributed by atoms with E-state index in [9.17, 15) is 9.59 Å². The average molecular weight is 567 g/mol. The molecule has 1 heterocycles. The smallest absolute Gasteiger partial charge is 0.251 e. The van der Waals surface area contributed by atoms with Crippen molar-refractivity contribution in [3.8, 4) is 11.8 Å². The molecule has 0 bridgehead atoms. The van der Waals surface area contributed by atoms with Gasteiger partial charge in [0.05, 0.1) is 18.7 Å². The minimum Gasteiger partial charge on any atom is -0.497 e. The van der Waals surface area contributed by atoms with E-state index in [4.69, 9.17) is 10.00 Å². The maximum absolute atomic E-state index is 13.7. The van der Waals surface area contributed by atoms with Gasteiger partial charge in [-0.15, -0.1) is 0 Å². The van der Waals surface area contributed by atoms with Gasteiger partial charge in [0.15, 0.2) is 0 Å². The first kappa shape index (κ1) is 30.8. The van der Waals surface area contributed by atoms with Crippen LogP contribution in [0.3, 0.4) is 0 Å². The lowest BCUT2D eigenvalue weighted by Crippen LogP contribution is -2.48. The van der Waals surface area contributed by atoms with Crippen LogP contribution in [-0.2, 0) is 24.4 Å². The molecule has 42 heavy (non-hydrogen) atoms. The molecule has 0 aromatic heterocycles. The summed E-state index contributed by atoms with van der Waals surface area (Å²) in [5.41, 5.74) is 4.50. The molecule has 0 atom stereocenters. The molecule has 0 unspecified atom stereocenters. The van der Waals surface area contributed by atoms with Crippen molar-refractivity contribution >= 4 is 11.8 Å². The van der Waals surface area contributed by atoms with Crippen LogP contribution in [0.25, 0.3) is 0 Å². The number of rotatable bonds is 12. The Bertz CT molecular complexity index is 1330. The van der Waals surface area contributed by atoms with Crippen molar-refractivity contribution in [3.63, 3.8) is 0 Å². The van der Waals surface area contributed by atoms with E-state index in [1.54, 1.807) is 7.11 Å². The molecule has 4 rings (SSSR count). The van der Waals surface area contributed by atoms with Crippen LogP contribution in [-0.4, -0.2) is 47.9 Å². The molecule has 1 aliphatic heterocycles. The first-order valence-corrected chi connectivity index (χ1v) is 15.0. The number of likely N-dealkylation sites (tertiary alicyclic amines) is 1. The number of nitriles is 1. The minimum absolute atomic E-state index is 0.0182.